The van der Waals surface area contributed by atoms with Crippen molar-refractivity contribution in [1.82, 2.24) is 0 Å². The van der Waals surface area contributed by atoms with Gasteiger partial charge in [0.2, 0.25) is 0 Å². The fraction of sp³-hybridized carbons (Fsp3) is 0.125. The number of amides is 1. The maximum atomic E-state index is 11.9. The average Bonchev–Trinajstić information content (AvgIpc) is 2.51. The van der Waals surface area contributed by atoms with Gasteiger partial charge >= 0.3 is 0 Å². The van der Waals surface area contributed by atoms with Crippen LogP contribution in [0.1, 0.15) is 5.56 Å². The Bertz CT molecular complexity index is 752. The zero-order valence-corrected chi connectivity index (χ0v) is 13.6. The summed E-state index contributed by atoms with van der Waals surface area (Å²) in [7, 11) is 1.46. The number of nitrogens with zero attached hydrogens (tertiary/aromatic N) is 1. The Kier molecular flexibility index (Phi) is 5.69. The van der Waals surface area contributed by atoms with E-state index in [9.17, 15) is 4.79 Å². The Morgan fingerprint density at radius 2 is 1.87 bits per heavy atom. The first-order valence-electron chi connectivity index (χ1n) is 6.48. The number of anilines is 1. The first-order chi connectivity index (χ1) is 11.0. The minimum atomic E-state index is -0.380. The van der Waals surface area contributed by atoms with Crippen molar-refractivity contribution in [3.63, 3.8) is 0 Å². The van der Waals surface area contributed by atoms with Gasteiger partial charge in [0.25, 0.3) is 5.91 Å². The number of rotatable bonds is 5. The van der Waals surface area contributed by atoms with Crippen molar-refractivity contribution in [2.24, 2.45) is 0 Å². The number of nitrogens with one attached hydrogen (secondary N) is 1. The highest BCUT2D eigenvalue weighted by Crippen LogP contribution is 2.28. The highest BCUT2D eigenvalue weighted by molar-refractivity contribution is 6.35. The summed E-state index contributed by atoms with van der Waals surface area (Å²) in [6.45, 7) is -0.230. The van der Waals surface area contributed by atoms with Crippen LogP contribution in [0.2, 0.25) is 10.0 Å². The molecule has 118 valence electrons. The van der Waals surface area contributed by atoms with E-state index in [4.69, 9.17) is 37.9 Å². The van der Waals surface area contributed by atoms with Gasteiger partial charge in [0.1, 0.15) is 0 Å². The zero-order valence-electron chi connectivity index (χ0n) is 12.1. The summed E-state index contributed by atoms with van der Waals surface area (Å²) < 4.78 is 10.5. The molecule has 0 aliphatic carbocycles. The fourth-order valence-electron chi connectivity index (χ4n) is 1.82. The highest BCUT2D eigenvalue weighted by atomic mass is 35.5. The van der Waals surface area contributed by atoms with Gasteiger partial charge in [0, 0.05) is 21.8 Å². The van der Waals surface area contributed by atoms with E-state index in [1.165, 1.54) is 13.2 Å². The Morgan fingerprint density at radius 1 is 1.17 bits per heavy atom. The van der Waals surface area contributed by atoms with Crippen LogP contribution in [0.5, 0.6) is 11.5 Å². The van der Waals surface area contributed by atoms with Crippen molar-refractivity contribution in [2.45, 2.75) is 0 Å². The molecular formula is C16H12Cl2N2O3. The number of carbonyl (C=O) groups is 1. The third-order valence-electron chi connectivity index (χ3n) is 2.80. The Balaban J connectivity index is 2.00. The van der Waals surface area contributed by atoms with Crippen LogP contribution in [0.3, 0.4) is 0 Å². The molecule has 0 aliphatic rings. The molecule has 0 bridgehead atoms. The lowest BCUT2D eigenvalue weighted by Gasteiger charge is -2.11. The van der Waals surface area contributed by atoms with Gasteiger partial charge in [-0.25, -0.2) is 0 Å². The zero-order chi connectivity index (χ0) is 16.8. The van der Waals surface area contributed by atoms with Gasteiger partial charge in [-0.1, -0.05) is 23.2 Å². The molecule has 5 nitrogen and oxygen atoms in total. The van der Waals surface area contributed by atoms with Gasteiger partial charge in [-0.05, 0) is 30.3 Å². The molecule has 2 aromatic carbocycles. The van der Waals surface area contributed by atoms with E-state index in [-0.39, 0.29) is 12.5 Å². The van der Waals surface area contributed by atoms with Crippen molar-refractivity contribution in [3.05, 3.63) is 52.0 Å². The number of methoxy groups -OCH3 is 1. The molecule has 0 saturated heterocycles. The van der Waals surface area contributed by atoms with Crippen molar-refractivity contribution >= 4 is 34.8 Å². The quantitative estimate of drug-likeness (QED) is 0.887. The third kappa shape index (κ3) is 4.78. The predicted molar refractivity (Wildman–Crippen MR) is 88.3 cm³/mol. The Labute approximate surface area is 143 Å². The molecule has 1 amide bonds. The van der Waals surface area contributed by atoms with Crippen molar-refractivity contribution < 1.29 is 14.3 Å². The maximum absolute atomic E-state index is 11.9. The molecule has 0 fully saturated rings. The lowest BCUT2D eigenvalue weighted by atomic mass is 10.2. The molecule has 7 heteroatoms. The summed E-state index contributed by atoms with van der Waals surface area (Å²) in [5.41, 5.74) is 0.912. The molecular weight excluding hydrogens is 339 g/mol. The van der Waals surface area contributed by atoms with Gasteiger partial charge in [0.15, 0.2) is 18.1 Å². The van der Waals surface area contributed by atoms with Crippen LogP contribution in [0, 0.1) is 11.3 Å². The van der Waals surface area contributed by atoms with Crippen molar-refractivity contribution in [3.8, 4) is 17.6 Å². The normalized spacial score (nSPS) is 9.83. The van der Waals surface area contributed by atoms with E-state index >= 15 is 0 Å². The maximum Gasteiger partial charge on any atom is 0.262 e. The van der Waals surface area contributed by atoms with Crippen LogP contribution >= 0.6 is 23.2 Å². The molecule has 0 radical (unpaired) electrons. The van der Waals surface area contributed by atoms with Gasteiger partial charge < -0.3 is 14.8 Å². The SMILES string of the molecule is COc1cc(C#N)ccc1OCC(=O)Nc1cc(Cl)cc(Cl)c1. The van der Waals surface area contributed by atoms with Crippen LogP contribution in [-0.2, 0) is 4.79 Å². The number of halogens is 2. The summed E-state index contributed by atoms with van der Waals surface area (Å²) in [6.07, 6.45) is 0. The van der Waals surface area contributed by atoms with Crippen molar-refractivity contribution in [1.29, 1.82) is 5.26 Å². The van der Waals surface area contributed by atoms with Crippen LogP contribution < -0.4 is 14.8 Å². The van der Waals surface area contributed by atoms with Gasteiger partial charge in [-0.15, -0.1) is 0 Å². The number of nitriles is 1. The number of benzene rings is 2. The van der Waals surface area contributed by atoms with E-state index < -0.39 is 0 Å². The smallest absolute Gasteiger partial charge is 0.262 e. The van der Waals surface area contributed by atoms with Crippen LogP contribution in [0.15, 0.2) is 36.4 Å². The molecule has 23 heavy (non-hydrogen) atoms. The first kappa shape index (κ1) is 16.9. The fourth-order valence-corrected chi connectivity index (χ4v) is 2.35. The molecule has 0 atom stereocenters. The molecule has 0 aliphatic heterocycles. The van der Waals surface area contributed by atoms with E-state index in [2.05, 4.69) is 5.32 Å². The standard InChI is InChI=1S/C16H12Cl2N2O3/c1-22-15-4-10(8-19)2-3-14(15)23-9-16(21)20-13-6-11(17)5-12(18)7-13/h2-7H,9H2,1H3,(H,20,21). The second-order valence-electron chi connectivity index (χ2n) is 4.47. The van der Waals surface area contributed by atoms with Crippen LogP contribution in [0.25, 0.3) is 0 Å². The molecule has 2 rings (SSSR count). The number of ether oxygens (including phenoxy) is 2. The Hall–Kier alpha value is -2.42. The number of hydrogen-bond acceptors (Lipinski definition) is 4. The Morgan fingerprint density at radius 3 is 2.48 bits per heavy atom. The van der Waals surface area contributed by atoms with Gasteiger partial charge in [-0.2, -0.15) is 5.26 Å². The van der Waals surface area contributed by atoms with E-state index in [1.807, 2.05) is 6.07 Å². The second kappa shape index (κ2) is 7.73. The highest BCUT2D eigenvalue weighted by Gasteiger charge is 2.09. The summed E-state index contributed by atoms with van der Waals surface area (Å²) in [6, 6.07) is 11.4. The summed E-state index contributed by atoms with van der Waals surface area (Å²) in [5, 5.41) is 12.3. The average molecular weight is 351 g/mol. The molecule has 0 spiro atoms. The molecule has 1 N–H and O–H groups in total. The topological polar surface area (TPSA) is 71.3 Å². The monoisotopic (exact) mass is 350 g/mol. The van der Waals surface area contributed by atoms with Gasteiger partial charge in [0.05, 0.1) is 18.7 Å². The van der Waals surface area contributed by atoms with E-state index in [1.54, 1.807) is 30.3 Å². The summed E-state index contributed by atoms with van der Waals surface area (Å²) in [5.74, 6) is 0.364. The lowest BCUT2D eigenvalue weighted by Crippen LogP contribution is -2.20. The van der Waals surface area contributed by atoms with Crippen LogP contribution in [-0.4, -0.2) is 19.6 Å². The summed E-state index contributed by atoms with van der Waals surface area (Å²) in [4.78, 5) is 11.9. The first-order valence-corrected chi connectivity index (χ1v) is 7.24. The second-order valence-corrected chi connectivity index (χ2v) is 5.35. The van der Waals surface area contributed by atoms with Gasteiger partial charge in [-0.3, -0.25) is 4.79 Å². The van der Waals surface area contributed by atoms with Crippen molar-refractivity contribution in [2.75, 3.05) is 19.0 Å². The summed E-state index contributed by atoms with van der Waals surface area (Å²) >= 11 is 11.7. The third-order valence-corrected chi connectivity index (χ3v) is 3.23. The molecule has 0 aromatic heterocycles. The van der Waals surface area contributed by atoms with E-state index in [0.717, 1.165) is 0 Å². The van der Waals surface area contributed by atoms with Crippen LogP contribution in [0.4, 0.5) is 5.69 Å². The number of carbonyl (C=O) groups excluding carboxylic acids is 1. The van der Waals surface area contributed by atoms with E-state index in [0.29, 0.717) is 32.8 Å². The molecule has 0 saturated carbocycles. The molecule has 2 aromatic rings. The largest absolute Gasteiger partial charge is 0.493 e. The minimum absolute atomic E-state index is 0.230. The number of hydrogen-bond donors (Lipinski definition) is 1. The minimum Gasteiger partial charge on any atom is -0.493 e. The lowest BCUT2D eigenvalue weighted by molar-refractivity contribution is -0.118. The molecule has 0 heterocycles. The molecule has 0 unspecified atom stereocenters. The predicted octanol–water partition coefficient (Wildman–Crippen LogP) is 3.89.